The maximum atomic E-state index is 12.3. The summed E-state index contributed by atoms with van der Waals surface area (Å²) in [5.74, 6) is 0.401. The maximum absolute atomic E-state index is 12.3. The van der Waals surface area contributed by atoms with Gasteiger partial charge < -0.3 is 10.6 Å². The number of ketones is 1. The second-order valence-corrected chi connectivity index (χ2v) is 6.76. The average molecular weight is 376 g/mol. The van der Waals surface area contributed by atoms with Crippen LogP contribution in [0.2, 0.25) is 0 Å². The largest absolute Gasteiger partial charge is 0.376 e. The van der Waals surface area contributed by atoms with Crippen LogP contribution < -0.4 is 10.6 Å². The summed E-state index contributed by atoms with van der Waals surface area (Å²) in [6.45, 7) is 1.55. The van der Waals surface area contributed by atoms with Crippen molar-refractivity contribution in [3.05, 3.63) is 54.1 Å². The van der Waals surface area contributed by atoms with Crippen molar-refractivity contribution in [2.75, 3.05) is 17.2 Å². The van der Waals surface area contributed by atoms with Crippen LogP contribution in [0.4, 0.5) is 11.4 Å². The minimum atomic E-state index is -0.234. The number of nitrogens with zero attached hydrogens (tertiary/aromatic N) is 4. The Morgan fingerprint density at radius 2 is 1.96 bits per heavy atom. The van der Waals surface area contributed by atoms with Gasteiger partial charge in [0.2, 0.25) is 5.91 Å². The van der Waals surface area contributed by atoms with Crippen molar-refractivity contribution in [1.82, 2.24) is 20.2 Å². The summed E-state index contributed by atoms with van der Waals surface area (Å²) >= 11 is 0. The van der Waals surface area contributed by atoms with E-state index in [1.807, 2.05) is 28.9 Å². The highest BCUT2D eigenvalue weighted by Gasteiger charge is 2.28. The van der Waals surface area contributed by atoms with E-state index in [1.54, 1.807) is 24.3 Å². The zero-order valence-electron chi connectivity index (χ0n) is 15.4. The van der Waals surface area contributed by atoms with Gasteiger partial charge in [-0.25, -0.2) is 4.68 Å². The van der Waals surface area contributed by atoms with Crippen LogP contribution >= 0.6 is 0 Å². The lowest BCUT2D eigenvalue weighted by atomic mass is 10.1. The highest BCUT2D eigenvalue weighted by Crippen LogP contribution is 2.36. The monoisotopic (exact) mass is 376 g/mol. The molecule has 0 bridgehead atoms. The molecule has 1 heterocycles. The number of amides is 1. The number of rotatable bonds is 7. The van der Waals surface area contributed by atoms with Gasteiger partial charge in [-0.15, -0.1) is 5.10 Å². The molecule has 0 unspecified atom stereocenters. The van der Waals surface area contributed by atoms with Gasteiger partial charge in [0.05, 0.1) is 18.3 Å². The Bertz CT molecular complexity index is 1020. The Morgan fingerprint density at radius 1 is 1.14 bits per heavy atom. The normalized spacial score (nSPS) is 13.2. The molecule has 0 radical (unpaired) electrons. The van der Waals surface area contributed by atoms with Crippen molar-refractivity contribution in [3.63, 3.8) is 0 Å². The third-order valence-electron chi connectivity index (χ3n) is 4.54. The number of Topliss-reactive ketones (excluding diaryl/α,β-unsaturated/α-hetero) is 1. The molecule has 0 saturated heterocycles. The number of para-hydroxylation sites is 1. The van der Waals surface area contributed by atoms with E-state index in [1.165, 1.54) is 6.92 Å². The Labute approximate surface area is 162 Å². The van der Waals surface area contributed by atoms with Gasteiger partial charge in [-0.1, -0.05) is 24.3 Å². The first-order chi connectivity index (χ1) is 13.6. The SMILES string of the molecule is CC(=O)c1ccccc1NC(=O)CNc1cccc(-c2nnnn2C2CC2)c1. The van der Waals surface area contributed by atoms with Gasteiger partial charge in [-0.2, -0.15) is 0 Å². The molecule has 0 aliphatic heterocycles. The number of tetrazole rings is 1. The Hall–Kier alpha value is -3.55. The van der Waals surface area contributed by atoms with Gasteiger partial charge in [-0.3, -0.25) is 9.59 Å². The second kappa shape index (κ2) is 7.59. The fourth-order valence-corrected chi connectivity index (χ4v) is 2.99. The van der Waals surface area contributed by atoms with E-state index in [9.17, 15) is 9.59 Å². The molecule has 1 aromatic heterocycles. The van der Waals surface area contributed by atoms with Crippen molar-refractivity contribution in [1.29, 1.82) is 0 Å². The molecule has 8 heteroatoms. The molecule has 1 aliphatic carbocycles. The van der Waals surface area contributed by atoms with Gasteiger partial charge in [-0.05, 0) is 54.5 Å². The Kier molecular flexibility index (Phi) is 4.84. The zero-order chi connectivity index (χ0) is 19.5. The highest BCUT2D eigenvalue weighted by atomic mass is 16.2. The standard InChI is InChI=1S/C20H20N6O2/c1-13(27)17-7-2-3-8-18(17)22-19(28)12-21-15-6-4-5-14(11-15)20-23-24-25-26(20)16-9-10-16/h2-8,11,16,21H,9-10,12H2,1H3,(H,22,28). The summed E-state index contributed by atoms with van der Waals surface area (Å²) in [6.07, 6.45) is 2.19. The predicted molar refractivity (Wildman–Crippen MR) is 105 cm³/mol. The Balaban J connectivity index is 1.42. The number of benzene rings is 2. The molecule has 0 atom stereocenters. The van der Waals surface area contributed by atoms with Crippen molar-refractivity contribution >= 4 is 23.1 Å². The van der Waals surface area contributed by atoms with Crippen molar-refractivity contribution in [3.8, 4) is 11.4 Å². The lowest BCUT2D eigenvalue weighted by Gasteiger charge is -2.11. The summed E-state index contributed by atoms with van der Waals surface area (Å²) in [4.78, 5) is 24.0. The number of aromatic nitrogens is 4. The van der Waals surface area contributed by atoms with Gasteiger partial charge in [0, 0.05) is 16.8 Å². The van der Waals surface area contributed by atoms with Gasteiger partial charge in [0.15, 0.2) is 11.6 Å². The molecule has 1 aliphatic rings. The molecular weight excluding hydrogens is 356 g/mol. The molecule has 0 spiro atoms. The van der Waals surface area contributed by atoms with Crippen molar-refractivity contribution < 1.29 is 9.59 Å². The average Bonchev–Trinajstić information content (AvgIpc) is 3.43. The van der Waals surface area contributed by atoms with Crippen LogP contribution in [0.1, 0.15) is 36.2 Å². The quantitative estimate of drug-likeness (QED) is 0.615. The van der Waals surface area contributed by atoms with Gasteiger partial charge >= 0.3 is 0 Å². The van der Waals surface area contributed by atoms with E-state index in [4.69, 9.17) is 0 Å². The summed E-state index contributed by atoms with van der Waals surface area (Å²) in [5, 5.41) is 17.9. The van der Waals surface area contributed by atoms with E-state index >= 15 is 0 Å². The van der Waals surface area contributed by atoms with Crippen LogP contribution in [-0.2, 0) is 4.79 Å². The van der Waals surface area contributed by atoms with E-state index < -0.39 is 0 Å². The second-order valence-electron chi connectivity index (χ2n) is 6.76. The molecule has 2 N–H and O–H groups in total. The Morgan fingerprint density at radius 3 is 2.75 bits per heavy atom. The van der Waals surface area contributed by atoms with Gasteiger partial charge in [0.1, 0.15) is 0 Å². The molecule has 142 valence electrons. The number of hydrogen-bond donors (Lipinski definition) is 2. The minimum Gasteiger partial charge on any atom is -0.376 e. The van der Waals surface area contributed by atoms with E-state index in [2.05, 4.69) is 26.2 Å². The maximum Gasteiger partial charge on any atom is 0.243 e. The molecule has 4 rings (SSSR count). The number of hydrogen-bond acceptors (Lipinski definition) is 6. The van der Waals surface area contributed by atoms with Crippen LogP contribution in [0.15, 0.2) is 48.5 Å². The molecule has 1 amide bonds. The smallest absolute Gasteiger partial charge is 0.243 e. The summed E-state index contributed by atoms with van der Waals surface area (Å²) in [6, 6.07) is 15.0. The summed E-state index contributed by atoms with van der Waals surface area (Å²) in [7, 11) is 0. The first-order valence-corrected chi connectivity index (χ1v) is 9.14. The first-order valence-electron chi connectivity index (χ1n) is 9.14. The minimum absolute atomic E-state index is 0.0727. The molecule has 1 saturated carbocycles. The van der Waals surface area contributed by atoms with Crippen molar-refractivity contribution in [2.24, 2.45) is 0 Å². The number of nitrogens with one attached hydrogen (secondary N) is 2. The molecule has 2 aromatic carbocycles. The fraction of sp³-hybridized carbons (Fsp3) is 0.250. The fourth-order valence-electron chi connectivity index (χ4n) is 2.99. The van der Waals surface area contributed by atoms with Crippen LogP contribution in [0.3, 0.4) is 0 Å². The molecule has 3 aromatic rings. The van der Waals surface area contributed by atoms with Crippen LogP contribution in [0.5, 0.6) is 0 Å². The van der Waals surface area contributed by atoms with E-state index in [-0.39, 0.29) is 18.2 Å². The first kappa shape index (κ1) is 17.8. The van der Waals surface area contributed by atoms with E-state index in [0.717, 1.165) is 29.9 Å². The lowest BCUT2D eigenvalue weighted by molar-refractivity contribution is -0.114. The molecule has 1 fully saturated rings. The number of carbonyl (C=O) groups is 2. The summed E-state index contributed by atoms with van der Waals surface area (Å²) < 4.78 is 1.85. The van der Waals surface area contributed by atoms with Crippen LogP contribution in [0, 0.1) is 0 Å². The zero-order valence-corrected chi connectivity index (χ0v) is 15.4. The molecular formula is C20H20N6O2. The van der Waals surface area contributed by atoms with Crippen molar-refractivity contribution in [2.45, 2.75) is 25.8 Å². The van der Waals surface area contributed by atoms with Crippen LogP contribution in [0.25, 0.3) is 11.4 Å². The molecule has 8 nitrogen and oxygen atoms in total. The lowest BCUT2D eigenvalue weighted by Crippen LogP contribution is -2.22. The van der Waals surface area contributed by atoms with E-state index in [0.29, 0.717) is 17.3 Å². The third kappa shape index (κ3) is 3.90. The number of anilines is 2. The highest BCUT2D eigenvalue weighted by molar-refractivity contribution is 6.04. The third-order valence-corrected chi connectivity index (χ3v) is 4.54. The molecule has 28 heavy (non-hydrogen) atoms. The topological polar surface area (TPSA) is 102 Å². The van der Waals surface area contributed by atoms with Crippen LogP contribution in [-0.4, -0.2) is 38.4 Å². The van der Waals surface area contributed by atoms with Gasteiger partial charge in [0.25, 0.3) is 0 Å². The summed E-state index contributed by atoms with van der Waals surface area (Å²) in [5.41, 5.74) is 2.69. The number of carbonyl (C=O) groups excluding carboxylic acids is 2. The predicted octanol–water partition coefficient (Wildman–Crippen LogP) is 2.93.